The summed E-state index contributed by atoms with van der Waals surface area (Å²) in [6.07, 6.45) is 7.81. The predicted octanol–water partition coefficient (Wildman–Crippen LogP) is 5.12. The Hall–Kier alpha value is -0.870. The number of hydrogen-bond donors (Lipinski definition) is 1. The molecule has 1 saturated carbocycles. The summed E-state index contributed by atoms with van der Waals surface area (Å²) in [7, 11) is 0. The number of hydrogen-bond acceptors (Lipinski definition) is 4. The van der Waals surface area contributed by atoms with E-state index in [1.165, 1.54) is 38.5 Å². The lowest BCUT2D eigenvalue weighted by Gasteiger charge is -2.29. The van der Waals surface area contributed by atoms with Gasteiger partial charge in [-0.1, -0.05) is 19.8 Å². The second kappa shape index (κ2) is 6.27. The van der Waals surface area contributed by atoms with E-state index < -0.39 is 0 Å². The van der Waals surface area contributed by atoms with Crippen molar-refractivity contribution in [2.75, 3.05) is 5.32 Å². The van der Waals surface area contributed by atoms with Crippen LogP contribution in [0.5, 0.6) is 0 Å². The molecule has 0 saturated heterocycles. The molecular weight excluding hydrogens is 290 g/mol. The predicted molar refractivity (Wildman–Crippen MR) is 86.7 cm³/mol. The Kier molecular flexibility index (Phi) is 4.41. The van der Waals surface area contributed by atoms with Gasteiger partial charge in [-0.3, -0.25) is 0 Å². The topological polar surface area (TPSA) is 37.8 Å². The standard InChI is InChI=1S/C15H20ClN3S/c1-2-3-10-4-6-11(7-5-10)17-13-12-8-9-20-14(12)19-15(16)18-13/h8-11H,2-7H2,1H3,(H,17,18,19). The first kappa shape index (κ1) is 14.1. The number of fused-ring (bicyclic) bond motifs is 1. The van der Waals surface area contributed by atoms with Crippen LogP contribution in [0, 0.1) is 5.92 Å². The molecule has 1 aliphatic rings. The monoisotopic (exact) mass is 309 g/mol. The molecule has 20 heavy (non-hydrogen) atoms. The molecule has 5 heteroatoms. The number of halogens is 1. The first-order chi connectivity index (χ1) is 9.76. The average Bonchev–Trinajstić information content (AvgIpc) is 2.89. The number of nitrogens with zero attached hydrogens (tertiary/aromatic N) is 2. The normalized spacial score (nSPS) is 23.1. The average molecular weight is 310 g/mol. The van der Waals surface area contributed by atoms with Gasteiger partial charge in [0.05, 0.1) is 5.39 Å². The molecule has 0 aliphatic heterocycles. The van der Waals surface area contributed by atoms with Gasteiger partial charge in [-0.25, -0.2) is 9.97 Å². The minimum absolute atomic E-state index is 0.335. The molecule has 2 aromatic heterocycles. The summed E-state index contributed by atoms with van der Waals surface area (Å²) in [6, 6.07) is 2.60. The molecule has 0 radical (unpaired) electrons. The lowest BCUT2D eigenvalue weighted by Crippen LogP contribution is -2.26. The van der Waals surface area contributed by atoms with Crippen molar-refractivity contribution in [1.82, 2.24) is 9.97 Å². The number of aromatic nitrogens is 2. The summed E-state index contributed by atoms with van der Waals surface area (Å²) in [4.78, 5) is 9.60. The molecule has 0 aromatic carbocycles. The van der Waals surface area contributed by atoms with Gasteiger partial charge in [0, 0.05) is 6.04 Å². The van der Waals surface area contributed by atoms with Crippen LogP contribution in [0.1, 0.15) is 45.4 Å². The second-order valence-electron chi connectivity index (χ2n) is 5.63. The van der Waals surface area contributed by atoms with E-state index in [9.17, 15) is 0 Å². The van der Waals surface area contributed by atoms with Crippen LogP contribution in [-0.2, 0) is 0 Å². The third-order valence-electron chi connectivity index (χ3n) is 4.18. The zero-order chi connectivity index (χ0) is 13.9. The summed E-state index contributed by atoms with van der Waals surface area (Å²) in [5.41, 5.74) is 0. The summed E-state index contributed by atoms with van der Waals surface area (Å²) in [5, 5.41) is 7.05. The molecule has 108 valence electrons. The van der Waals surface area contributed by atoms with Crippen LogP contribution >= 0.6 is 22.9 Å². The lowest BCUT2D eigenvalue weighted by molar-refractivity contribution is 0.318. The van der Waals surface area contributed by atoms with Gasteiger partial charge in [-0.15, -0.1) is 11.3 Å². The Morgan fingerprint density at radius 1 is 1.30 bits per heavy atom. The Labute approximate surface area is 128 Å². The highest BCUT2D eigenvalue weighted by atomic mass is 35.5. The van der Waals surface area contributed by atoms with Crippen molar-refractivity contribution < 1.29 is 0 Å². The van der Waals surface area contributed by atoms with Crippen molar-refractivity contribution in [1.29, 1.82) is 0 Å². The molecule has 1 N–H and O–H groups in total. The van der Waals surface area contributed by atoms with Gasteiger partial charge < -0.3 is 5.32 Å². The smallest absolute Gasteiger partial charge is 0.225 e. The van der Waals surface area contributed by atoms with E-state index in [-0.39, 0.29) is 0 Å². The molecule has 3 rings (SSSR count). The van der Waals surface area contributed by atoms with Crippen LogP contribution in [0.3, 0.4) is 0 Å². The van der Waals surface area contributed by atoms with Crippen LogP contribution in [0.2, 0.25) is 5.28 Å². The molecular formula is C15H20ClN3S. The number of anilines is 1. The fourth-order valence-electron chi connectivity index (χ4n) is 3.14. The summed E-state index contributed by atoms with van der Waals surface area (Å²) in [5.74, 6) is 1.83. The van der Waals surface area contributed by atoms with Gasteiger partial charge in [0.25, 0.3) is 0 Å². The van der Waals surface area contributed by atoms with Gasteiger partial charge in [0.2, 0.25) is 5.28 Å². The molecule has 1 fully saturated rings. The maximum Gasteiger partial charge on any atom is 0.225 e. The zero-order valence-electron chi connectivity index (χ0n) is 11.7. The molecule has 0 amide bonds. The van der Waals surface area contributed by atoms with E-state index in [0.29, 0.717) is 11.3 Å². The first-order valence-electron chi connectivity index (χ1n) is 7.43. The van der Waals surface area contributed by atoms with Crippen molar-refractivity contribution in [2.24, 2.45) is 5.92 Å². The van der Waals surface area contributed by atoms with Crippen molar-refractivity contribution in [3.63, 3.8) is 0 Å². The molecule has 2 aromatic rings. The largest absolute Gasteiger partial charge is 0.367 e. The SMILES string of the molecule is CCCC1CCC(Nc2nc(Cl)nc3sccc23)CC1. The van der Waals surface area contributed by atoms with Gasteiger partial charge in [-0.05, 0) is 54.6 Å². The van der Waals surface area contributed by atoms with E-state index in [0.717, 1.165) is 22.0 Å². The minimum atomic E-state index is 0.335. The summed E-state index contributed by atoms with van der Waals surface area (Å²) >= 11 is 7.62. The van der Waals surface area contributed by atoms with Crippen molar-refractivity contribution in [3.8, 4) is 0 Å². The quantitative estimate of drug-likeness (QED) is 0.797. The van der Waals surface area contributed by atoms with Crippen LogP contribution < -0.4 is 5.32 Å². The van der Waals surface area contributed by atoms with Crippen LogP contribution in [-0.4, -0.2) is 16.0 Å². The third-order valence-corrected chi connectivity index (χ3v) is 5.16. The second-order valence-corrected chi connectivity index (χ2v) is 6.86. The Morgan fingerprint density at radius 3 is 2.85 bits per heavy atom. The van der Waals surface area contributed by atoms with Crippen molar-refractivity contribution in [3.05, 3.63) is 16.7 Å². The van der Waals surface area contributed by atoms with Crippen LogP contribution in [0.15, 0.2) is 11.4 Å². The van der Waals surface area contributed by atoms with E-state index >= 15 is 0 Å². The Bertz CT molecular complexity index is 576. The third kappa shape index (κ3) is 3.07. The zero-order valence-corrected chi connectivity index (χ0v) is 13.3. The molecule has 2 heterocycles. The maximum atomic E-state index is 6.01. The minimum Gasteiger partial charge on any atom is -0.367 e. The van der Waals surface area contributed by atoms with E-state index in [1.54, 1.807) is 11.3 Å². The highest BCUT2D eigenvalue weighted by Gasteiger charge is 2.21. The highest BCUT2D eigenvalue weighted by Crippen LogP contribution is 2.32. The van der Waals surface area contributed by atoms with E-state index in [2.05, 4.69) is 28.3 Å². The highest BCUT2D eigenvalue weighted by molar-refractivity contribution is 7.16. The van der Waals surface area contributed by atoms with E-state index in [4.69, 9.17) is 11.6 Å². The lowest BCUT2D eigenvalue weighted by atomic mass is 9.83. The molecule has 0 atom stereocenters. The fraction of sp³-hybridized carbons (Fsp3) is 0.600. The van der Waals surface area contributed by atoms with Crippen molar-refractivity contribution >= 4 is 39.0 Å². The van der Waals surface area contributed by atoms with Crippen LogP contribution in [0.25, 0.3) is 10.2 Å². The number of nitrogens with one attached hydrogen (secondary N) is 1. The van der Waals surface area contributed by atoms with Gasteiger partial charge >= 0.3 is 0 Å². The Morgan fingerprint density at radius 2 is 2.10 bits per heavy atom. The van der Waals surface area contributed by atoms with Crippen LogP contribution in [0.4, 0.5) is 5.82 Å². The fourth-order valence-corrected chi connectivity index (χ4v) is 4.12. The number of rotatable bonds is 4. The first-order valence-corrected chi connectivity index (χ1v) is 8.69. The molecule has 1 aliphatic carbocycles. The summed E-state index contributed by atoms with van der Waals surface area (Å²) in [6.45, 7) is 2.28. The van der Waals surface area contributed by atoms with Gasteiger partial charge in [-0.2, -0.15) is 0 Å². The molecule has 0 unspecified atom stereocenters. The summed E-state index contributed by atoms with van der Waals surface area (Å²) < 4.78 is 0. The molecule has 0 bridgehead atoms. The van der Waals surface area contributed by atoms with Gasteiger partial charge in [0.1, 0.15) is 10.6 Å². The number of thiophene rings is 1. The van der Waals surface area contributed by atoms with Gasteiger partial charge in [0.15, 0.2) is 0 Å². The van der Waals surface area contributed by atoms with E-state index in [1.807, 2.05) is 5.38 Å². The van der Waals surface area contributed by atoms with Crippen molar-refractivity contribution in [2.45, 2.75) is 51.5 Å². The molecule has 0 spiro atoms. The maximum absolute atomic E-state index is 6.01. The Balaban J connectivity index is 1.69. The molecule has 3 nitrogen and oxygen atoms in total.